The van der Waals surface area contributed by atoms with Crippen LogP contribution < -0.4 is 0 Å². The molecule has 5 nitrogen and oxygen atoms in total. The minimum atomic E-state index is -4.83. The molecule has 0 aromatic heterocycles. The van der Waals surface area contributed by atoms with E-state index in [2.05, 4.69) is 15.9 Å². The fourth-order valence-electron chi connectivity index (χ4n) is 3.26. The topological polar surface area (TPSA) is 69.7 Å². The number of carbonyl (C=O) groups excluding carboxylic acids is 1. The summed E-state index contributed by atoms with van der Waals surface area (Å²) in [5.41, 5.74) is -1.24. The number of hydrogen-bond acceptors (Lipinski definition) is 5. The number of benzene rings is 1. The molecule has 3 atom stereocenters. The summed E-state index contributed by atoms with van der Waals surface area (Å²) in [4.78, 5) is 11.2. The molecule has 2 rings (SSSR count). The van der Waals surface area contributed by atoms with Crippen molar-refractivity contribution >= 4 is 31.7 Å². The van der Waals surface area contributed by atoms with Crippen molar-refractivity contribution < 1.29 is 35.9 Å². The molecule has 27 heavy (non-hydrogen) atoms. The Labute approximate surface area is 164 Å². The maximum Gasteiger partial charge on any atom is 0.417 e. The van der Waals surface area contributed by atoms with Crippen LogP contribution in [0.25, 0.3) is 0 Å². The number of halogens is 4. The standard InChI is InChI=1S/C17H20BrF3O5S/c1-9(2)26-14-8-11(7-12(14)16(22)25-3)27(23,24)15-5-4-10(18)6-13(15)17(19,20)21/h4-6,9,11-12,14H,7-8H2,1-3H3/t11-,12-,14-/m0/s1. The van der Waals surface area contributed by atoms with Crippen molar-refractivity contribution in [2.24, 2.45) is 5.92 Å². The number of rotatable bonds is 5. The molecule has 1 aromatic carbocycles. The second-order valence-electron chi connectivity index (χ2n) is 6.63. The van der Waals surface area contributed by atoms with E-state index in [-0.39, 0.29) is 23.4 Å². The van der Waals surface area contributed by atoms with Gasteiger partial charge in [-0.05, 0) is 44.9 Å². The molecule has 0 amide bonds. The van der Waals surface area contributed by atoms with E-state index in [0.29, 0.717) is 0 Å². The Balaban J connectivity index is 2.44. The summed E-state index contributed by atoms with van der Waals surface area (Å²) in [6.45, 7) is 3.46. The van der Waals surface area contributed by atoms with Crippen molar-refractivity contribution in [3.63, 3.8) is 0 Å². The predicted octanol–water partition coefficient (Wildman–Crippen LogP) is 3.99. The minimum absolute atomic E-state index is 0.0758. The van der Waals surface area contributed by atoms with Gasteiger partial charge in [0.25, 0.3) is 0 Å². The molecule has 1 fully saturated rings. The third-order valence-corrected chi connectivity index (χ3v) is 7.13. The quantitative estimate of drug-likeness (QED) is 0.606. The highest BCUT2D eigenvalue weighted by atomic mass is 79.9. The Morgan fingerprint density at radius 2 is 1.89 bits per heavy atom. The first-order valence-corrected chi connectivity index (χ1v) is 10.6. The number of carbonyl (C=O) groups is 1. The van der Waals surface area contributed by atoms with Crippen molar-refractivity contribution in [1.29, 1.82) is 0 Å². The Morgan fingerprint density at radius 1 is 1.26 bits per heavy atom. The molecule has 1 saturated carbocycles. The van der Waals surface area contributed by atoms with Crippen LogP contribution in [0.5, 0.6) is 0 Å². The van der Waals surface area contributed by atoms with Crippen LogP contribution in [0, 0.1) is 5.92 Å². The molecule has 152 valence electrons. The molecule has 0 radical (unpaired) electrons. The van der Waals surface area contributed by atoms with Crippen LogP contribution in [-0.4, -0.2) is 39.0 Å². The molecular weight excluding hydrogens is 453 g/mol. The molecule has 0 saturated heterocycles. The summed E-state index contributed by atoms with van der Waals surface area (Å²) in [5, 5.41) is -1.17. The maximum atomic E-state index is 13.4. The van der Waals surface area contributed by atoms with Gasteiger partial charge in [-0.3, -0.25) is 4.79 Å². The lowest BCUT2D eigenvalue weighted by Gasteiger charge is -2.20. The van der Waals surface area contributed by atoms with Gasteiger partial charge in [0.2, 0.25) is 0 Å². The summed E-state index contributed by atoms with van der Waals surface area (Å²) < 4.78 is 76.5. The van der Waals surface area contributed by atoms with Gasteiger partial charge in [-0.25, -0.2) is 8.42 Å². The van der Waals surface area contributed by atoms with Gasteiger partial charge >= 0.3 is 12.1 Å². The highest BCUT2D eigenvalue weighted by Crippen LogP contribution is 2.41. The van der Waals surface area contributed by atoms with Gasteiger partial charge in [0.15, 0.2) is 9.84 Å². The van der Waals surface area contributed by atoms with E-state index in [1.165, 1.54) is 13.2 Å². The maximum absolute atomic E-state index is 13.4. The molecule has 0 heterocycles. The summed E-state index contributed by atoms with van der Waals surface area (Å²) in [7, 11) is -3.17. The van der Waals surface area contributed by atoms with Crippen LogP contribution in [0.15, 0.2) is 27.6 Å². The molecule has 1 aliphatic rings. The SMILES string of the molecule is COC(=O)[C@H]1C[C@H](S(=O)(=O)c2ccc(Br)cc2C(F)(F)F)C[C@@H]1OC(C)C. The number of esters is 1. The zero-order chi connectivity index (χ0) is 20.6. The van der Waals surface area contributed by atoms with E-state index in [1.807, 2.05) is 0 Å². The van der Waals surface area contributed by atoms with Gasteiger partial charge in [-0.1, -0.05) is 15.9 Å². The fourth-order valence-corrected chi connectivity index (χ4v) is 5.62. The Kier molecular flexibility index (Phi) is 6.63. The molecule has 0 aliphatic heterocycles. The summed E-state index contributed by atoms with van der Waals surface area (Å²) in [6, 6.07) is 2.92. The summed E-state index contributed by atoms with van der Waals surface area (Å²) in [6.07, 6.45) is -6.07. The zero-order valence-corrected chi connectivity index (χ0v) is 17.3. The first kappa shape index (κ1) is 22.2. The predicted molar refractivity (Wildman–Crippen MR) is 94.9 cm³/mol. The first-order chi connectivity index (χ1) is 12.4. The van der Waals surface area contributed by atoms with Gasteiger partial charge in [0.05, 0.1) is 40.9 Å². The monoisotopic (exact) mass is 472 g/mol. The normalized spacial score (nSPS) is 23.6. The van der Waals surface area contributed by atoms with Crippen LogP contribution in [0.1, 0.15) is 32.3 Å². The summed E-state index contributed by atoms with van der Waals surface area (Å²) >= 11 is 2.94. The Bertz CT molecular complexity index is 807. The van der Waals surface area contributed by atoms with Gasteiger partial charge in [0.1, 0.15) is 0 Å². The van der Waals surface area contributed by atoms with Crippen molar-refractivity contribution in [1.82, 2.24) is 0 Å². The smallest absolute Gasteiger partial charge is 0.417 e. The van der Waals surface area contributed by atoms with E-state index in [4.69, 9.17) is 9.47 Å². The lowest BCUT2D eigenvalue weighted by Crippen LogP contribution is -2.28. The molecule has 0 unspecified atom stereocenters. The zero-order valence-electron chi connectivity index (χ0n) is 14.9. The highest BCUT2D eigenvalue weighted by Gasteiger charge is 2.48. The third kappa shape index (κ3) is 4.83. The van der Waals surface area contributed by atoms with Crippen molar-refractivity contribution in [2.45, 2.75) is 55.2 Å². The second-order valence-corrected chi connectivity index (χ2v) is 9.74. The van der Waals surface area contributed by atoms with Gasteiger partial charge in [0, 0.05) is 4.47 Å². The van der Waals surface area contributed by atoms with E-state index in [1.54, 1.807) is 13.8 Å². The average molecular weight is 473 g/mol. The molecule has 1 aliphatic carbocycles. The van der Waals surface area contributed by atoms with E-state index >= 15 is 0 Å². The van der Waals surface area contributed by atoms with Crippen molar-refractivity contribution in [3.8, 4) is 0 Å². The third-order valence-electron chi connectivity index (χ3n) is 4.40. The lowest BCUT2D eigenvalue weighted by molar-refractivity contribution is -0.151. The van der Waals surface area contributed by atoms with Crippen molar-refractivity contribution in [3.05, 3.63) is 28.2 Å². The van der Waals surface area contributed by atoms with E-state index in [9.17, 15) is 26.4 Å². The van der Waals surface area contributed by atoms with E-state index in [0.717, 1.165) is 12.1 Å². The minimum Gasteiger partial charge on any atom is -0.469 e. The first-order valence-electron chi connectivity index (χ1n) is 8.21. The number of methoxy groups -OCH3 is 1. The van der Waals surface area contributed by atoms with Crippen LogP contribution in [0.3, 0.4) is 0 Å². The largest absolute Gasteiger partial charge is 0.469 e. The molecular formula is C17H20BrF3O5S. The number of alkyl halides is 3. The molecule has 1 aromatic rings. The fraction of sp³-hybridized carbons (Fsp3) is 0.588. The summed E-state index contributed by atoms with van der Waals surface area (Å²) in [5.74, 6) is -1.48. The van der Waals surface area contributed by atoms with Crippen molar-refractivity contribution in [2.75, 3.05) is 7.11 Å². The molecule has 0 bridgehead atoms. The average Bonchev–Trinajstić information content (AvgIpc) is 2.96. The molecule has 0 N–H and O–H groups in total. The number of ether oxygens (including phenoxy) is 2. The Hall–Kier alpha value is -1.13. The molecule has 10 heteroatoms. The number of sulfone groups is 1. The van der Waals surface area contributed by atoms with Crippen LogP contribution in [0.4, 0.5) is 13.2 Å². The van der Waals surface area contributed by atoms with Crippen LogP contribution in [0.2, 0.25) is 0 Å². The molecule has 0 spiro atoms. The lowest BCUT2D eigenvalue weighted by atomic mass is 10.1. The highest BCUT2D eigenvalue weighted by molar-refractivity contribution is 9.10. The van der Waals surface area contributed by atoms with Gasteiger partial charge in [-0.2, -0.15) is 13.2 Å². The Morgan fingerprint density at radius 3 is 2.41 bits per heavy atom. The van der Waals surface area contributed by atoms with Gasteiger partial charge in [-0.15, -0.1) is 0 Å². The van der Waals surface area contributed by atoms with Crippen LogP contribution >= 0.6 is 15.9 Å². The van der Waals surface area contributed by atoms with Gasteiger partial charge < -0.3 is 9.47 Å². The second kappa shape index (κ2) is 8.08. The van der Waals surface area contributed by atoms with Crippen LogP contribution in [-0.2, 0) is 30.3 Å². The number of hydrogen-bond donors (Lipinski definition) is 0. The van der Waals surface area contributed by atoms with E-state index < -0.39 is 49.7 Å².